The highest BCUT2D eigenvalue weighted by molar-refractivity contribution is 5.85. The quantitative estimate of drug-likeness (QED) is 0.619. The molecular formula is C9H15N3O3. The monoisotopic (exact) mass is 213 g/mol. The first-order chi connectivity index (χ1) is 7.00. The molecule has 0 saturated heterocycles. The average Bonchev–Trinajstić information content (AvgIpc) is 2.47. The summed E-state index contributed by atoms with van der Waals surface area (Å²) in [6.45, 7) is 2.63. The molecule has 1 aromatic heterocycles. The molecule has 0 aliphatic carbocycles. The van der Waals surface area contributed by atoms with E-state index in [-0.39, 0.29) is 5.69 Å². The van der Waals surface area contributed by atoms with E-state index in [4.69, 9.17) is 10.2 Å². The number of aromatic nitrogens is 2. The molecule has 0 saturated carbocycles. The van der Waals surface area contributed by atoms with Crippen LogP contribution < -0.4 is 5.32 Å². The van der Waals surface area contributed by atoms with Crippen LogP contribution in [0.4, 0.5) is 0 Å². The van der Waals surface area contributed by atoms with E-state index in [0.717, 1.165) is 5.69 Å². The molecule has 0 aromatic carbocycles. The van der Waals surface area contributed by atoms with Crippen LogP contribution in [0.25, 0.3) is 0 Å². The van der Waals surface area contributed by atoms with E-state index in [0.29, 0.717) is 13.1 Å². The van der Waals surface area contributed by atoms with Gasteiger partial charge in [-0.15, -0.1) is 0 Å². The minimum atomic E-state index is -1.03. The number of nitrogens with zero attached hydrogens (tertiary/aromatic N) is 2. The molecule has 0 radical (unpaired) electrons. The maximum absolute atomic E-state index is 10.6. The number of aryl methyl sites for hydroxylation is 1. The summed E-state index contributed by atoms with van der Waals surface area (Å²) in [4.78, 5) is 10.6. The SMILES string of the molecule is CC(O)CNCc1cc(C(=O)O)nn1C. The zero-order valence-corrected chi connectivity index (χ0v) is 8.77. The molecule has 1 unspecified atom stereocenters. The molecule has 84 valence electrons. The fourth-order valence-electron chi connectivity index (χ4n) is 1.19. The van der Waals surface area contributed by atoms with Gasteiger partial charge >= 0.3 is 5.97 Å². The summed E-state index contributed by atoms with van der Waals surface area (Å²) in [6.07, 6.45) is -0.419. The Morgan fingerprint density at radius 3 is 2.87 bits per heavy atom. The van der Waals surface area contributed by atoms with Crippen LogP contribution in [-0.2, 0) is 13.6 Å². The van der Waals surface area contributed by atoms with E-state index < -0.39 is 12.1 Å². The summed E-state index contributed by atoms with van der Waals surface area (Å²) in [5, 5.41) is 24.5. The van der Waals surface area contributed by atoms with E-state index >= 15 is 0 Å². The Bertz CT molecular complexity index is 346. The second kappa shape index (κ2) is 4.90. The van der Waals surface area contributed by atoms with Gasteiger partial charge in [0.1, 0.15) is 0 Å². The third kappa shape index (κ3) is 3.34. The van der Waals surface area contributed by atoms with E-state index in [1.54, 1.807) is 14.0 Å². The average molecular weight is 213 g/mol. The highest BCUT2D eigenvalue weighted by atomic mass is 16.4. The lowest BCUT2D eigenvalue weighted by molar-refractivity contribution is 0.0689. The van der Waals surface area contributed by atoms with Gasteiger partial charge in [-0.1, -0.05) is 0 Å². The smallest absolute Gasteiger partial charge is 0.356 e. The zero-order chi connectivity index (χ0) is 11.4. The van der Waals surface area contributed by atoms with Gasteiger partial charge in [0.15, 0.2) is 5.69 Å². The highest BCUT2D eigenvalue weighted by Gasteiger charge is 2.10. The minimum absolute atomic E-state index is 0.0337. The molecule has 0 aliphatic heterocycles. The lowest BCUT2D eigenvalue weighted by Crippen LogP contribution is -2.24. The van der Waals surface area contributed by atoms with Crippen LogP contribution in [0.2, 0.25) is 0 Å². The number of aliphatic hydroxyl groups excluding tert-OH is 1. The summed E-state index contributed by atoms with van der Waals surface area (Å²) in [5.74, 6) is -1.03. The first-order valence-electron chi connectivity index (χ1n) is 4.65. The number of hydrogen-bond donors (Lipinski definition) is 3. The van der Waals surface area contributed by atoms with E-state index in [2.05, 4.69) is 10.4 Å². The van der Waals surface area contributed by atoms with Crippen molar-refractivity contribution >= 4 is 5.97 Å². The maximum Gasteiger partial charge on any atom is 0.356 e. The molecule has 1 heterocycles. The molecule has 1 rings (SSSR count). The van der Waals surface area contributed by atoms with Gasteiger partial charge in [0.2, 0.25) is 0 Å². The lowest BCUT2D eigenvalue weighted by atomic mass is 10.3. The topological polar surface area (TPSA) is 87.4 Å². The van der Waals surface area contributed by atoms with Crippen molar-refractivity contribution in [3.63, 3.8) is 0 Å². The van der Waals surface area contributed by atoms with Crippen molar-refractivity contribution in [1.29, 1.82) is 0 Å². The van der Waals surface area contributed by atoms with E-state index in [1.165, 1.54) is 10.7 Å². The van der Waals surface area contributed by atoms with Gasteiger partial charge in [-0.2, -0.15) is 5.10 Å². The molecular weight excluding hydrogens is 198 g/mol. The predicted molar refractivity (Wildman–Crippen MR) is 53.6 cm³/mol. The van der Waals surface area contributed by atoms with Crippen LogP contribution in [0, 0.1) is 0 Å². The standard InChI is InChI=1S/C9H15N3O3/c1-6(13)4-10-5-7-3-8(9(14)15)11-12(7)2/h3,6,10,13H,4-5H2,1-2H3,(H,14,15). The minimum Gasteiger partial charge on any atom is -0.476 e. The molecule has 6 heteroatoms. The van der Waals surface area contributed by atoms with Crippen molar-refractivity contribution in [3.05, 3.63) is 17.5 Å². The Balaban J connectivity index is 2.57. The van der Waals surface area contributed by atoms with Crippen LogP contribution in [0.15, 0.2) is 6.07 Å². The summed E-state index contributed by atoms with van der Waals surface area (Å²) in [5.41, 5.74) is 0.805. The Hall–Kier alpha value is -1.40. The molecule has 6 nitrogen and oxygen atoms in total. The van der Waals surface area contributed by atoms with Gasteiger partial charge in [-0.05, 0) is 13.0 Å². The van der Waals surface area contributed by atoms with Crippen molar-refractivity contribution in [2.75, 3.05) is 6.54 Å². The van der Waals surface area contributed by atoms with Gasteiger partial charge in [-0.3, -0.25) is 4.68 Å². The van der Waals surface area contributed by atoms with Crippen LogP contribution in [0.5, 0.6) is 0 Å². The zero-order valence-electron chi connectivity index (χ0n) is 8.77. The van der Waals surface area contributed by atoms with Gasteiger partial charge < -0.3 is 15.5 Å². The van der Waals surface area contributed by atoms with Crippen molar-refractivity contribution in [2.45, 2.75) is 19.6 Å². The Morgan fingerprint density at radius 1 is 1.73 bits per heavy atom. The Kier molecular flexibility index (Phi) is 3.81. The number of hydrogen-bond acceptors (Lipinski definition) is 4. The molecule has 15 heavy (non-hydrogen) atoms. The van der Waals surface area contributed by atoms with Gasteiger partial charge in [0, 0.05) is 20.1 Å². The van der Waals surface area contributed by atoms with Gasteiger partial charge in [-0.25, -0.2) is 4.79 Å². The predicted octanol–water partition coefficient (Wildman–Crippen LogP) is -0.411. The first-order valence-corrected chi connectivity index (χ1v) is 4.65. The first kappa shape index (κ1) is 11.7. The number of rotatable bonds is 5. The van der Waals surface area contributed by atoms with Crippen molar-refractivity contribution < 1.29 is 15.0 Å². The third-order valence-electron chi connectivity index (χ3n) is 1.94. The van der Waals surface area contributed by atoms with Crippen LogP contribution in [0.3, 0.4) is 0 Å². The molecule has 0 aliphatic rings. The molecule has 1 aromatic rings. The van der Waals surface area contributed by atoms with Crippen LogP contribution >= 0.6 is 0 Å². The van der Waals surface area contributed by atoms with Crippen molar-refractivity contribution in [2.24, 2.45) is 7.05 Å². The van der Waals surface area contributed by atoms with Gasteiger partial charge in [0.25, 0.3) is 0 Å². The van der Waals surface area contributed by atoms with Gasteiger partial charge in [0.05, 0.1) is 11.8 Å². The number of aromatic carboxylic acids is 1. The second-order valence-corrected chi connectivity index (χ2v) is 3.43. The van der Waals surface area contributed by atoms with Crippen molar-refractivity contribution in [1.82, 2.24) is 15.1 Å². The van der Waals surface area contributed by atoms with Crippen LogP contribution in [-0.4, -0.2) is 38.6 Å². The van der Waals surface area contributed by atoms with E-state index in [1.807, 2.05) is 0 Å². The largest absolute Gasteiger partial charge is 0.476 e. The summed E-state index contributed by atoms with van der Waals surface area (Å²) < 4.78 is 1.51. The Morgan fingerprint density at radius 2 is 2.40 bits per heavy atom. The lowest BCUT2D eigenvalue weighted by Gasteiger charge is -2.06. The number of carbonyl (C=O) groups is 1. The number of carboxylic acids is 1. The number of nitrogens with one attached hydrogen (secondary N) is 1. The summed E-state index contributed by atoms with van der Waals surface area (Å²) in [6, 6.07) is 1.51. The van der Waals surface area contributed by atoms with E-state index in [9.17, 15) is 4.79 Å². The fourth-order valence-corrected chi connectivity index (χ4v) is 1.19. The molecule has 0 bridgehead atoms. The normalized spacial score (nSPS) is 12.7. The fraction of sp³-hybridized carbons (Fsp3) is 0.556. The molecule has 0 amide bonds. The second-order valence-electron chi connectivity index (χ2n) is 3.43. The number of carboxylic acid groups (broad SMARTS) is 1. The summed E-state index contributed by atoms with van der Waals surface area (Å²) in [7, 11) is 1.69. The molecule has 3 N–H and O–H groups in total. The van der Waals surface area contributed by atoms with Crippen molar-refractivity contribution in [3.8, 4) is 0 Å². The molecule has 1 atom stereocenters. The molecule has 0 spiro atoms. The number of aliphatic hydroxyl groups is 1. The summed E-state index contributed by atoms with van der Waals surface area (Å²) >= 11 is 0. The van der Waals surface area contributed by atoms with Crippen LogP contribution in [0.1, 0.15) is 23.1 Å². The Labute approximate surface area is 87.5 Å². The third-order valence-corrected chi connectivity index (χ3v) is 1.94. The molecule has 0 fully saturated rings. The maximum atomic E-state index is 10.6. The highest BCUT2D eigenvalue weighted by Crippen LogP contribution is 2.02.